The molecule has 1 saturated heterocycles. The lowest BCUT2D eigenvalue weighted by Gasteiger charge is -2.41. The van der Waals surface area contributed by atoms with Crippen molar-refractivity contribution >= 4 is 22.8 Å². The van der Waals surface area contributed by atoms with E-state index >= 15 is 0 Å². The van der Waals surface area contributed by atoms with Crippen molar-refractivity contribution < 1.29 is 10.3 Å². The topological polar surface area (TPSA) is 69.5 Å². The number of rotatable bonds is 3. The number of carbonyl (C=O) groups is 1. The predicted octanol–water partition coefficient (Wildman–Crippen LogP) is 1.55. The molecule has 1 amide bonds. The van der Waals surface area contributed by atoms with Gasteiger partial charge < -0.3 is 19.6 Å². The molecule has 3 heterocycles. The number of fused-ring (bicyclic) bond motifs is 1. The molecule has 1 fully saturated rings. The van der Waals surface area contributed by atoms with Gasteiger partial charge in [0.1, 0.15) is 17.8 Å². The summed E-state index contributed by atoms with van der Waals surface area (Å²) in [6, 6.07) is 0.138. The number of anilines is 1. The lowest BCUT2D eigenvalue weighted by atomic mass is 9.92. The molecular weight excluding hydrogens is 292 g/mol. The number of likely N-dealkylation sites (tertiary alicyclic amines) is 1. The highest BCUT2D eigenvalue weighted by Gasteiger charge is 2.33. The number of carbonyl (C=O) groups excluding carboxylic acids is 1. The van der Waals surface area contributed by atoms with E-state index < -0.39 is 24.7 Å². The first-order valence-corrected chi connectivity index (χ1v) is 7.31. The maximum atomic E-state index is 12.2. The Morgan fingerprint density at radius 2 is 2.57 bits per heavy atom. The molecule has 2 atom stereocenters. The van der Waals surface area contributed by atoms with E-state index in [1.165, 1.54) is 16.1 Å². The summed E-state index contributed by atoms with van der Waals surface area (Å²) in [7, 11) is 1.61. The average molecular weight is 316 g/mol. The second kappa shape index (κ2) is 6.24. The summed E-state index contributed by atoms with van der Waals surface area (Å²) in [6.07, 6.45) is 3.19. The van der Waals surface area contributed by atoms with E-state index in [4.69, 9.17) is 12.1 Å². The first-order chi connectivity index (χ1) is 12.7. The van der Waals surface area contributed by atoms with Crippen LogP contribution >= 0.6 is 0 Å². The van der Waals surface area contributed by atoms with Gasteiger partial charge in [0.05, 0.1) is 12.8 Å². The van der Waals surface area contributed by atoms with Crippen molar-refractivity contribution in [1.82, 2.24) is 19.9 Å². The van der Waals surface area contributed by atoms with Crippen LogP contribution in [0.4, 0.5) is 5.82 Å². The van der Waals surface area contributed by atoms with Gasteiger partial charge in [0.25, 0.3) is 6.54 Å². The number of aromatic nitrogens is 3. The van der Waals surface area contributed by atoms with Crippen molar-refractivity contribution in [2.75, 3.05) is 31.6 Å². The summed E-state index contributed by atoms with van der Waals surface area (Å²) < 4.78 is 32.8. The molecule has 1 aliphatic rings. The minimum Gasteiger partial charge on any atom is -0.354 e. The maximum Gasteiger partial charge on any atom is 0.302 e. The number of nitrogens with one attached hydrogen (secondary N) is 1. The molecule has 7 nitrogen and oxygen atoms in total. The van der Waals surface area contributed by atoms with Crippen LogP contribution in [0.15, 0.2) is 18.6 Å². The molecule has 2 aromatic rings. The number of likely N-dealkylation sites (N-methyl/N-ethyl adjacent to an activating group) is 1. The van der Waals surface area contributed by atoms with Crippen LogP contribution in [0.2, 0.25) is 0 Å². The van der Waals surface area contributed by atoms with Crippen LogP contribution in [0.25, 0.3) is 15.9 Å². The van der Waals surface area contributed by atoms with Crippen molar-refractivity contribution in [3.63, 3.8) is 0 Å². The maximum absolute atomic E-state index is 12.2. The third-order valence-corrected chi connectivity index (χ3v) is 4.09. The summed E-state index contributed by atoms with van der Waals surface area (Å²) in [5.41, 5.74) is 0.581. The zero-order chi connectivity index (χ0) is 19.8. The average Bonchev–Trinajstić information content (AvgIpc) is 3.08. The minimum absolute atomic E-state index is 0.114. The normalized spacial score (nSPS) is 27.5. The largest absolute Gasteiger partial charge is 0.354 e. The lowest BCUT2D eigenvalue weighted by Crippen LogP contribution is -2.53. The molecule has 23 heavy (non-hydrogen) atoms. The summed E-state index contributed by atoms with van der Waals surface area (Å²) in [5, 5.41) is 0.667. The molecule has 1 aliphatic heterocycles. The molecular formula is C16H20N6O. The molecule has 0 radical (unpaired) electrons. The summed E-state index contributed by atoms with van der Waals surface area (Å²) in [4.78, 5) is 29.6. The van der Waals surface area contributed by atoms with Crippen LogP contribution in [-0.4, -0.2) is 58.5 Å². The molecule has 3 rings (SSSR count). The zero-order valence-corrected chi connectivity index (χ0v) is 12.8. The number of hydrogen-bond donors (Lipinski definition) is 1. The van der Waals surface area contributed by atoms with Crippen molar-refractivity contribution in [3.05, 3.63) is 30.0 Å². The van der Waals surface area contributed by atoms with Gasteiger partial charge in [-0.2, -0.15) is 0 Å². The smallest absolute Gasteiger partial charge is 0.302 e. The first kappa shape index (κ1) is 11.0. The van der Waals surface area contributed by atoms with E-state index in [0.717, 1.165) is 0 Å². The van der Waals surface area contributed by atoms with E-state index in [2.05, 4.69) is 19.8 Å². The second-order valence-corrected chi connectivity index (χ2v) is 5.46. The van der Waals surface area contributed by atoms with Gasteiger partial charge in [0, 0.05) is 30.4 Å². The summed E-state index contributed by atoms with van der Waals surface area (Å²) >= 11 is 0. The Kier molecular flexibility index (Phi) is 2.99. The third kappa shape index (κ3) is 2.84. The molecule has 2 aromatic heterocycles. The lowest BCUT2D eigenvalue weighted by molar-refractivity contribution is -0.130. The molecule has 0 spiro atoms. The Morgan fingerprint density at radius 1 is 1.70 bits per heavy atom. The highest BCUT2D eigenvalue weighted by molar-refractivity contribution is 5.87. The fourth-order valence-electron chi connectivity index (χ4n) is 2.82. The molecule has 0 aromatic carbocycles. The Bertz CT molecular complexity index is 891. The Balaban J connectivity index is 2.03. The summed E-state index contributed by atoms with van der Waals surface area (Å²) in [5.74, 6) is -0.950. The van der Waals surface area contributed by atoms with Crippen LogP contribution in [0, 0.1) is 12.5 Å². The number of hydrogen-bond acceptors (Lipinski definition) is 4. The molecule has 0 unspecified atom stereocenters. The van der Waals surface area contributed by atoms with E-state index in [0.29, 0.717) is 16.9 Å². The molecule has 7 heteroatoms. The highest BCUT2D eigenvalue weighted by atomic mass is 16.2. The van der Waals surface area contributed by atoms with Gasteiger partial charge in [-0.15, -0.1) is 0 Å². The number of aromatic amines is 1. The molecule has 0 aliphatic carbocycles. The van der Waals surface area contributed by atoms with Gasteiger partial charge in [0.15, 0.2) is 0 Å². The quantitative estimate of drug-likeness (QED) is 0.872. The van der Waals surface area contributed by atoms with Gasteiger partial charge in [-0.05, 0) is 18.4 Å². The highest BCUT2D eigenvalue weighted by Crippen LogP contribution is 2.28. The van der Waals surface area contributed by atoms with Gasteiger partial charge in [0.2, 0.25) is 0 Å². The van der Waals surface area contributed by atoms with Crippen LogP contribution in [0.1, 0.15) is 18.8 Å². The van der Waals surface area contributed by atoms with Crippen molar-refractivity contribution in [2.24, 2.45) is 5.92 Å². The third-order valence-electron chi connectivity index (χ3n) is 4.09. The van der Waals surface area contributed by atoms with Crippen molar-refractivity contribution in [3.8, 4) is 0 Å². The van der Waals surface area contributed by atoms with Gasteiger partial charge in [-0.1, -0.05) is 6.85 Å². The SMILES string of the molecule is [2H]C([2H])([2H])[C@@H]1CCN(C(=O)C[N+]#[C-])C[C@]1([2H])N(C)c1ncnc2[nH]ccc12. The van der Waals surface area contributed by atoms with Crippen molar-refractivity contribution in [2.45, 2.75) is 19.3 Å². The molecule has 0 saturated carbocycles. The van der Waals surface area contributed by atoms with E-state index in [1.807, 2.05) is 0 Å². The number of H-pyrrole nitrogens is 1. The fourth-order valence-corrected chi connectivity index (χ4v) is 2.82. The number of nitrogens with zero attached hydrogens (tertiary/aromatic N) is 5. The second-order valence-electron chi connectivity index (χ2n) is 5.46. The van der Waals surface area contributed by atoms with Crippen molar-refractivity contribution in [1.29, 1.82) is 0 Å². The fraction of sp³-hybridized carbons (Fsp3) is 0.500. The van der Waals surface area contributed by atoms with Crippen LogP contribution in [0.3, 0.4) is 0 Å². The summed E-state index contributed by atoms with van der Waals surface area (Å²) in [6.45, 7) is 4.32. The number of amides is 1. The number of piperidine rings is 1. The van der Waals surface area contributed by atoms with E-state index in [1.54, 1.807) is 19.3 Å². The van der Waals surface area contributed by atoms with Crippen LogP contribution < -0.4 is 4.90 Å². The Labute approximate surface area is 140 Å². The predicted molar refractivity (Wildman–Crippen MR) is 87.9 cm³/mol. The van der Waals surface area contributed by atoms with Crippen LogP contribution in [0.5, 0.6) is 0 Å². The standard InChI is InChI=1S/C16H20N6O/c1-11-5-7-22(14(23)8-17-2)9-13(11)21(3)16-12-4-6-18-15(12)19-10-20-16/h4,6,10-11,13H,5,7-9H2,1,3H3,(H,18,19,20)/t11-,13+/m1/s1/i1D3,13D. The first-order valence-electron chi connectivity index (χ1n) is 9.31. The molecule has 1 N–H and O–H groups in total. The van der Waals surface area contributed by atoms with E-state index in [9.17, 15) is 4.79 Å². The minimum atomic E-state index is -2.37. The van der Waals surface area contributed by atoms with Gasteiger partial charge >= 0.3 is 5.91 Å². The van der Waals surface area contributed by atoms with Crippen LogP contribution in [-0.2, 0) is 4.79 Å². The Hall–Kier alpha value is -2.62. The molecule has 120 valence electrons. The zero-order valence-electron chi connectivity index (χ0n) is 16.8. The van der Waals surface area contributed by atoms with E-state index in [-0.39, 0.29) is 26.1 Å². The monoisotopic (exact) mass is 316 g/mol. The Morgan fingerprint density at radius 3 is 3.35 bits per heavy atom. The molecule has 0 bridgehead atoms. The van der Waals surface area contributed by atoms with Gasteiger partial charge in [-0.3, -0.25) is 4.79 Å². The van der Waals surface area contributed by atoms with Gasteiger partial charge in [-0.25, -0.2) is 16.5 Å².